The number of ether oxygens (including phenoxy) is 2. The van der Waals surface area contributed by atoms with Crippen molar-refractivity contribution < 1.29 is 18.7 Å². The highest BCUT2D eigenvalue weighted by atomic mass is 28.4. The molecule has 1 aliphatic heterocycles. The number of anilines is 1. The van der Waals surface area contributed by atoms with Crippen LogP contribution in [0.5, 0.6) is 0 Å². The maximum Gasteiger partial charge on any atom is 0.351 e. The van der Waals surface area contributed by atoms with Gasteiger partial charge < -0.3 is 25.4 Å². The number of nitrogens with two attached hydrogens (primary N) is 2. The molecule has 0 amide bonds. The van der Waals surface area contributed by atoms with E-state index < -0.39 is 50.4 Å². The van der Waals surface area contributed by atoms with Gasteiger partial charge in [0, 0.05) is 6.20 Å². The predicted octanol–water partition coefficient (Wildman–Crippen LogP) is 1.78. The van der Waals surface area contributed by atoms with Gasteiger partial charge in [-0.15, -0.1) is 0 Å². The summed E-state index contributed by atoms with van der Waals surface area (Å²) in [6.07, 6.45) is -0.991. The predicted molar refractivity (Wildman–Crippen MR) is 122 cm³/mol. The Morgan fingerprint density at radius 2 is 2.03 bits per heavy atom. The van der Waals surface area contributed by atoms with E-state index in [1.165, 1.54) is 16.8 Å². The van der Waals surface area contributed by atoms with E-state index in [9.17, 15) is 14.9 Å². The minimum Gasteiger partial charge on any atom is -0.462 e. The van der Waals surface area contributed by atoms with Crippen LogP contribution < -0.4 is 17.2 Å². The molecule has 0 aliphatic carbocycles. The van der Waals surface area contributed by atoms with E-state index >= 15 is 0 Å². The maximum absolute atomic E-state index is 12.4. The minimum atomic E-state index is -2.34. The Kier molecular flexibility index (Phi) is 7.88. The molecule has 0 unspecified atom stereocenters. The SMILES string of the molecule is CC(C)[C@H](N)C(=O)OC[C@H]1O[C@@H](n2ccc(N)nc2=O)[C@@H](C#N)[C@@H]1O[Si](C)(C)C(C)(C)C. The molecule has 10 nitrogen and oxygen atoms in total. The Labute approximate surface area is 190 Å². The number of nitriles is 1. The van der Waals surface area contributed by atoms with Crippen molar-refractivity contribution >= 4 is 20.1 Å². The van der Waals surface area contributed by atoms with Gasteiger partial charge in [-0.2, -0.15) is 10.2 Å². The molecule has 0 spiro atoms. The van der Waals surface area contributed by atoms with E-state index in [1.54, 1.807) is 0 Å². The summed E-state index contributed by atoms with van der Waals surface area (Å²) < 4.78 is 19.3. The summed E-state index contributed by atoms with van der Waals surface area (Å²) in [6.45, 7) is 13.9. The second-order valence-electron chi connectivity index (χ2n) is 10.0. The molecule has 2 rings (SSSR count). The second-order valence-corrected chi connectivity index (χ2v) is 14.8. The zero-order valence-electron chi connectivity index (χ0n) is 19.9. The van der Waals surface area contributed by atoms with Gasteiger partial charge in [0.05, 0.1) is 12.2 Å². The van der Waals surface area contributed by atoms with Crippen molar-refractivity contribution in [2.75, 3.05) is 12.3 Å². The van der Waals surface area contributed by atoms with E-state index in [1.807, 2.05) is 13.8 Å². The van der Waals surface area contributed by atoms with Crippen molar-refractivity contribution in [3.05, 3.63) is 22.7 Å². The summed E-state index contributed by atoms with van der Waals surface area (Å²) in [5.41, 5.74) is 10.8. The molecular weight excluding hydrogens is 430 g/mol. The molecule has 1 aliphatic rings. The van der Waals surface area contributed by atoms with Crippen LogP contribution in [-0.2, 0) is 18.7 Å². The van der Waals surface area contributed by atoms with Gasteiger partial charge in [-0.1, -0.05) is 34.6 Å². The van der Waals surface area contributed by atoms with Crippen molar-refractivity contribution in [2.24, 2.45) is 17.6 Å². The van der Waals surface area contributed by atoms with Gasteiger partial charge in [0.2, 0.25) is 0 Å². The first-order valence-electron chi connectivity index (χ1n) is 10.7. The van der Waals surface area contributed by atoms with Crippen molar-refractivity contribution in [2.45, 2.75) is 77.2 Å². The van der Waals surface area contributed by atoms with Crippen LogP contribution in [0.1, 0.15) is 40.8 Å². The third-order valence-electron chi connectivity index (χ3n) is 6.23. The number of aromatic nitrogens is 2. The molecule has 4 N–H and O–H groups in total. The average molecular weight is 466 g/mol. The Morgan fingerprint density at radius 3 is 2.53 bits per heavy atom. The highest BCUT2D eigenvalue weighted by Crippen LogP contribution is 2.43. The first-order valence-corrected chi connectivity index (χ1v) is 13.6. The zero-order valence-corrected chi connectivity index (χ0v) is 20.9. The summed E-state index contributed by atoms with van der Waals surface area (Å²) in [7, 11) is -2.34. The van der Waals surface area contributed by atoms with E-state index in [0.29, 0.717) is 0 Å². The third kappa shape index (κ3) is 5.56. The van der Waals surface area contributed by atoms with Gasteiger partial charge in [-0.25, -0.2) is 4.79 Å². The molecular formula is C21H35N5O5Si. The van der Waals surface area contributed by atoms with Gasteiger partial charge in [0.1, 0.15) is 30.5 Å². The van der Waals surface area contributed by atoms with E-state index in [2.05, 4.69) is 44.9 Å². The van der Waals surface area contributed by atoms with Crippen LogP contribution in [0, 0.1) is 23.2 Å². The van der Waals surface area contributed by atoms with Gasteiger partial charge in [-0.05, 0) is 30.1 Å². The van der Waals surface area contributed by atoms with Gasteiger partial charge in [0.15, 0.2) is 14.5 Å². The molecule has 0 aromatic carbocycles. The Bertz CT molecular complexity index is 920. The van der Waals surface area contributed by atoms with E-state index in [4.69, 9.17) is 25.4 Å². The summed E-state index contributed by atoms with van der Waals surface area (Å²) >= 11 is 0. The largest absolute Gasteiger partial charge is 0.462 e. The molecule has 1 saturated heterocycles. The quantitative estimate of drug-likeness (QED) is 0.452. The van der Waals surface area contributed by atoms with E-state index in [-0.39, 0.29) is 23.4 Å². The number of carbonyl (C=O) groups is 1. The minimum absolute atomic E-state index is 0.0694. The number of nitrogens with zero attached hydrogens (tertiary/aromatic N) is 3. The number of rotatable bonds is 7. The van der Waals surface area contributed by atoms with E-state index in [0.717, 1.165) is 0 Å². The number of hydrogen-bond donors (Lipinski definition) is 2. The number of nitrogen functional groups attached to an aromatic ring is 1. The average Bonchev–Trinajstić information content (AvgIpc) is 3.00. The summed E-state index contributed by atoms with van der Waals surface area (Å²) in [5, 5.41) is 9.85. The molecule has 0 bridgehead atoms. The van der Waals surface area contributed by atoms with Crippen LogP contribution >= 0.6 is 0 Å². The molecule has 2 heterocycles. The summed E-state index contributed by atoms with van der Waals surface area (Å²) in [5.74, 6) is -1.40. The highest BCUT2D eigenvalue weighted by molar-refractivity contribution is 6.74. The Balaban J connectivity index is 2.38. The molecule has 1 fully saturated rings. The number of hydrogen-bond acceptors (Lipinski definition) is 9. The van der Waals surface area contributed by atoms with Crippen LogP contribution in [-0.4, -0.2) is 48.7 Å². The van der Waals surface area contributed by atoms with Gasteiger partial charge in [-0.3, -0.25) is 9.36 Å². The van der Waals surface area contributed by atoms with Crippen LogP contribution in [0.25, 0.3) is 0 Å². The lowest BCUT2D eigenvalue weighted by atomic mass is 10.0. The van der Waals surface area contributed by atoms with Crippen LogP contribution in [0.15, 0.2) is 17.1 Å². The van der Waals surface area contributed by atoms with Crippen LogP contribution in [0.3, 0.4) is 0 Å². The topological polar surface area (TPSA) is 155 Å². The van der Waals surface area contributed by atoms with Crippen LogP contribution in [0.2, 0.25) is 18.1 Å². The molecule has 5 atom stereocenters. The second kappa shape index (κ2) is 9.70. The summed E-state index contributed by atoms with van der Waals surface area (Å²) in [6, 6.07) is 2.91. The molecule has 32 heavy (non-hydrogen) atoms. The normalized spacial score (nSPS) is 24.9. The molecule has 1 aromatic heterocycles. The Hall–Kier alpha value is -2.26. The number of carbonyl (C=O) groups excluding carboxylic acids is 1. The fourth-order valence-corrected chi connectivity index (χ4v) is 4.40. The smallest absolute Gasteiger partial charge is 0.351 e. The van der Waals surface area contributed by atoms with Crippen molar-refractivity contribution in [3.63, 3.8) is 0 Å². The maximum atomic E-state index is 12.4. The monoisotopic (exact) mass is 465 g/mol. The summed E-state index contributed by atoms with van der Waals surface area (Å²) in [4.78, 5) is 28.5. The van der Waals surface area contributed by atoms with Crippen molar-refractivity contribution in [1.82, 2.24) is 9.55 Å². The molecule has 178 valence electrons. The lowest BCUT2D eigenvalue weighted by molar-refractivity contribution is -0.152. The molecule has 11 heteroatoms. The lowest BCUT2D eigenvalue weighted by Gasteiger charge is -2.39. The van der Waals surface area contributed by atoms with Crippen molar-refractivity contribution in [3.8, 4) is 6.07 Å². The number of esters is 1. The zero-order chi connectivity index (χ0) is 24.4. The van der Waals surface area contributed by atoms with Gasteiger partial charge >= 0.3 is 11.7 Å². The fourth-order valence-electron chi connectivity index (χ4n) is 3.06. The third-order valence-corrected chi connectivity index (χ3v) is 10.7. The lowest BCUT2D eigenvalue weighted by Crippen LogP contribution is -2.49. The van der Waals surface area contributed by atoms with Crippen LogP contribution in [0.4, 0.5) is 5.82 Å². The van der Waals surface area contributed by atoms with Crippen molar-refractivity contribution in [1.29, 1.82) is 5.26 Å². The standard InChI is InChI=1S/C21H35N5O5Si/c1-12(2)16(24)19(27)29-11-14-17(31-32(6,7)21(3,4)5)13(10-22)18(30-14)26-9-8-15(23)25-20(26)28/h8-9,12-14,16-18H,11,24H2,1-7H3,(H2,23,25,28)/t13-,14+,16-,17-,18+/m0/s1. The highest BCUT2D eigenvalue weighted by Gasteiger charge is 2.51. The molecule has 1 aromatic rings. The first kappa shape index (κ1) is 26.0. The Morgan fingerprint density at radius 1 is 1.41 bits per heavy atom. The fraction of sp³-hybridized carbons (Fsp3) is 0.714. The first-order chi connectivity index (χ1) is 14.7. The molecule has 0 saturated carbocycles. The molecule has 0 radical (unpaired) electrons. The van der Waals surface area contributed by atoms with Gasteiger partial charge in [0.25, 0.3) is 0 Å².